The number of carbonyl (C=O) groups is 1. The van der Waals surface area contributed by atoms with Crippen molar-refractivity contribution in [1.82, 2.24) is 4.90 Å². The molecule has 0 atom stereocenters. The van der Waals surface area contributed by atoms with E-state index in [1.54, 1.807) is 23.1 Å². The van der Waals surface area contributed by atoms with Crippen LogP contribution in [0.3, 0.4) is 0 Å². The molecule has 0 radical (unpaired) electrons. The van der Waals surface area contributed by atoms with Gasteiger partial charge in [0.2, 0.25) is 0 Å². The lowest BCUT2D eigenvalue weighted by Gasteiger charge is -2.28. The van der Waals surface area contributed by atoms with Crippen molar-refractivity contribution in [2.45, 2.75) is 31.7 Å². The van der Waals surface area contributed by atoms with Gasteiger partial charge < -0.3 is 16.0 Å². The Morgan fingerprint density at radius 2 is 2.00 bits per heavy atom. The molecule has 0 aliphatic heterocycles. The van der Waals surface area contributed by atoms with Gasteiger partial charge in [0, 0.05) is 11.7 Å². The molecule has 1 fully saturated rings. The van der Waals surface area contributed by atoms with E-state index < -0.39 is 0 Å². The third-order valence-electron chi connectivity index (χ3n) is 3.52. The molecule has 2 amide bonds. The second kappa shape index (κ2) is 7.29. The molecule has 0 unspecified atom stereocenters. The Bertz CT molecular complexity index is 547. The fourth-order valence-corrected chi connectivity index (χ4v) is 2.96. The predicted octanol–water partition coefficient (Wildman–Crippen LogP) is 4.06. The van der Waals surface area contributed by atoms with Gasteiger partial charge in [-0.1, -0.05) is 48.3 Å². The van der Waals surface area contributed by atoms with Gasteiger partial charge in [-0.2, -0.15) is 0 Å². The number of benzene rings is 1. The van der Waals surface area contributed by atoms with Crippen LogP contribution in [-0.4, -0.2) is 28.5 Å². The molecule has 114 valence electrons. The van der Waals surface area contributed by atoms with Crippen LogP contribution in [0.4, 0.5) is 10.5 Å². The van der Waals surface area contributed by atoms with Crippen molar-refractivity contribution < 1.29 is 4.79 Å². The van der Waals surface area contributed by atoms with Crippen molar-refractivity contribution >= 4 is 52.1 Å². The summed E-state index contributed by atoms with van der Waals surface area (Å²) in [6.07, 6.45) is 4.21. The first-order chi connectivity index (χ1) is 9.97. The van der Waals surface area contributed by atoms with Crippen LogP contribution in [0, 0.1) is 0 Å². The number of rotatable bonds is 4. The third-order valence-corrected chi connectivity index (χ3v) is 4.39. The standard InChI is InChI=1S/C14H17Cl2N3OS/c15-11-6-5-9(7-12(11)16)18-14(20)19(8-13(17)21)10-3-1-2-4-10/h5-7,10H,1-4,8H2,(H2,17,21)(H,18,20). The number of hydrogen-bond donors (Lipinski definition) is 2. The maximum Gasteiger partial charge on any atom is 0.322 e. The number of nitrogens with one attached hydrogen (secondary N) is 1. The lowest BCUT2D eigenvalue weighted by Crippen LogP contribution is -2.45. The molecule has 0 bridgehead atoms. The van der Waals surface area contributed by atoms with E-state index >= 15 is 0 Å². The van der Waals surface area contributed by atoms with Crippen LogP contribution in [0.15, 0.2) is 18.2 Å². The molecule has 0 saturated heterocycles. The van der Waals surface area contributed by atoms with E-state index in [1.807, 2.05) is 0 Å². The molecule has 21 heavy (non-hydrogen) atoms. The summed E-state index contributed by atoms with van der Waals surface area (Å²) in [5.41, 5.74) is 6.20. The van der Waals surface area contributed by atoms with Crippen LogP contribution in [0.1, 0.15) is 25.7 Å². The summed E-state index contributed by atoms with van der Waals surface area (Å²) in [6, 6.07) is 4.95. The molecule has 2 rings (SSSR count). The largest absolute Gasteiger partial charge is 0.392 e. The van der Waals surface area contributed by atoms with E-state index in [4.69, 9.17) is 41.2 Å². The number of amides is 2. The van der Waals surface area contributed by atoms with Gasteiger partial charge in [-0.25, -0.2) is 4.79 Å². The quantitative estimate of drug-likeness (QED) is 0.809. The van der Waals surface area contributed by atoms with Gasteiger partial charge >= 0.3 is 6.03 Å². The smallest absolute Gasteiger partial charge is 0.322 e. The molecule has 7 heteroatoms. The number of halogens is 2. The van der Waals surface area contributed by atoms with Crippen molar-refractivity contribution in [2.24, 2.45) is 5.73 Å². The lowest BCUT2D eigenvalue weighted by molar-refractivity contribution is 0.199. The van der Waals surface area contributed by atoms with E-state index in [9.17, 15) is 4.79 Å². The third kappa shape index (κ3) is 4.46. The minimum Gasteiger partial charge on any atom is -0.392 e. The van der Waals surface area contributed by atoms with Crippen molar-refractivity contribution in [3.8, 4) is 0 Å². The second-order valence-corrected chi connectivity index (χ2v) is 6.43. The Morgan fingerprint density at radius 3 is 2.57 bits per heavy atom. The first-order valence-electron chi connectivity index (χ1n) is 6.78. The number of carbonyl (C=O) groups excluding carboxylic acids is 1. The summed E-state index contributed by atoms with van der Waals surface area (Å²) >= 11 is 16.8. The van der Waals surface area contributed by atoms with Gasteiger partial charge in [-0.3, -0.25) is 0 Å². The van der Waals surface area contributed by atoms with Crippen molar-refractivity contribution in [3.63, 3.8) is 0 Å². The summed E-state index contributed by atoms with van der Waals surface area (Å²) in [5.74, 6) is 0. The van der Waals surface area contributed by atoms with Gasteiger partial charge in [0.15, 0.2) is 0 Å². The molecule has 1 saturated carbocycles. The number of thiocarbonyl (C=S) groups is 1. The number of anilines is 1. The first-order valence-corrected chi connectivity index (χ1v) is 7.95. The van der Waals surface area contributed by atoms with Crippen LogP contribution >= 0.6 is 35.4 Å². The normalized spacial score (nSPS) is 15.0. The highest BCUT2D eigenvalue weighted by atomic mass is 35.5. The highest BCUT2D eigenvalue weighted by Crippen LogP contribution is 2.27. The van der Waals surface area contributed by atoms with Gasteiger partial charge in [-0.15, -0.1) is 0 Å². The molecule has 4 nitrogen and oxygen atoms in total. The number of hydrogen-bond acceptors (Lipinski definition) is 2. The molecular weight excluding hydrogens is 329 g/mol. The summed E-state index contributed by atoms with van der Waals surface area (Å²) < 4.78 is 0. The number of nitrogens with two attached hydrogens (primary N) is 1. The van der Waals surface area contributed by atoms with E-state index in [2.05, 4.69) is 5.32 Å². The maximum absolute atomic E-state index is 12.5. The zero-order chi connectivity index (χ0) is 15.4. The van der Waals surface area contributed by atoms with Gasteiger partial charge in [0.1, 0.15) is 0 Å². The Balaban J connectivity index is 2.09. The van der Waals surface area contributed by atoms with Gasteiger partial charge in [0.05, 0.1) is 21.6 Å². The summed E-state index contributed by atoms with van der Waals surface area (Å²) in [6.45, 7) is 0.285. The van der Waals surface area contributed by atoms with Gasteiger partial charge in [-0.05, 0) is 31.0 Å². The van der Waals surface area contributed by atoms with Crippen LogP contribution < -0.4 is 11.1 Å². The van der Waals surface area contributed by atoms with E-state index in [1.165, 1.54) is 0 Å². The zero-order valence-corrected chi connectivity index (χ0v) is 13.8. The fourth-order valence-electron chi connectivity index (χ4n) is 2.52. The fraction of sp³-hybridized carbons (Fsp3) is 0.429. The topological polar surface area (TPSA) is 58.4 Å². The minimum absolute atomic E-state index is 0.189. The summed E-state index contributed by atoms with van der Waals surface area (Å²) in [5, 5.41) is 3.67. The maximum atomic E-state index is 12.5. The molecule has 1 aliphatic rings. The second-order valence-electron chi connectivity index (χ2n) is 5.09. The Morgan fingerprint density at radius 1 is 1.33 bits per heavy atom. The molecule has 1 aliphatic carbocycles. The molecule has 0 spiro atoms. The van der Waals surface area contributed by atoms with E-state index in [-0.39, 0.29) is 18.6 Å². The Hall–Kier alpha value is -1.04. The van der Waals surface area contributed by atoms with E-state index in [0.29, 0.717) is 20.7 Å². The average molecular weight is 346 g/mol. The monoisotopic (exact) mass is 345 g/mol. The average Bonchev–Trinajstić information content (AvgIpc) is 2.93. The van der Waals surface area contributed by atoms with Gasteiger partial charge in [0.25, 0.3) is 0 Å². The summed E-state index contributed by atoms with van der Waals surface area (Å²) in [7, 11) is 0. The number of nitrogens with zero attached hydrogens (tertiary/aromatic N) is 1. The molecule has 3 N–H and O–H groups in total. The first kappa shape index (κ1) is 16.3. The van der Waals surface area contributed by atoms with Crippen LogP contribution in [-0.2, 0) is 0 Å². The SMILES string of the molecule is NC(=S)CN(C(=O)Nc1ccc(Cl)c(Cl)c1)C1CCCC1. The molecule has 1 aromatic rings. The van der Waals surface area contributed by atoms with E-state index in [0.717, 1.165) is 25.7 Å². The Kier molecular flexibility index (Phi) is 5.67. The van der Waals surface area contributed by atoms with Crippen molar-refractivity contribution in [1.29, 1.82) is 0 Å². The molecule has 0 heterocycles. The minimum atomic E-state index is -0.215. The van der Waals surface area contributed by atoms with Crippen LogP contribution in [0.25, 0.3) is 0 Å². The molecular formula is C14H17Cl2N3OS. The summed E-state index contributed by atoms with van der Waals surface area (Å²) in [4.78, 5) is 14.5. The van der Waals surface area contributed by atoms with Crippen LogP contribution in [0.2, 0.25) is 10.0 Å². The van der Waals surface area contributed by atoms with Crippen molar-refractivity contribution in [3.05, 3.63) is 28.2 Å². The number of urea groups is 1. The highest BCUT2D eigenvalue weighted by Gasteiger charge is 2.27. The molecule has 1 aromatic carbocycles. The highest BCUT2D eigenvalue weighted by molar-refractivity contribution is 7.80. The molecule has 0 aromatic heterocycles. The lowest BCUT2D eigenvalue weighted by atomic mass is 10.2. The zero-order valence-electron chi connectivity index (χ0n) is 11.4. The predicted molar refractivity (Wildman–Crippen MR) is 91.2 cm³/mol. The Labute approximate surface area is 139 Å². The van der Waals surface area contributed by atoms with Crippen LogP contribution in [0.5, 0.6) is 0 Å². The van der Waals surface area contributed by atoms with Crippen molar-refractivity contribution in [2.75, 3.05) is 11.9 Å².